The second kappa shape index (κ2) is 5.19. The monoisotopic (exact) mass is 345 g/mol. The molecule has 19 heavy (non-hydrogen) atoms. The van der Waals surface area contributed by atoms with E-state index in [0.29, 0.717) is 22.5 Å². The third kappa shape index (κ3) is 3.20. The first-order valence-corrected chi connectivity index (χ1v) is 8.72. The molecule has 0 aliphatic carbocycles. The van der Waals surface area contributed by atoms with Crippen molar-refractivity contribution in [2.45, 2.75) is 38.5 Å². The van der Waals surface area contributed by atoms with E-state index in [9.17, 15) is 8.42 Å². The van der Waals surface area contributed by atoms with Crippen molar-refractivity contribution >= 4 is 26.0 Å². The summed E-state index contributed by atoms with van der Waals surface area (Å²) in [4.78, 5) is 0.373. The summed E-state index contributed by atoms with van der Waals surface area (Å²) in [7, 11) is -3.37. The quantitative estimate of drug-likeness (QED) is 0.821. The first kappa shape index (κ1) is 15.0. The highest BCUT2D eigenvalue weighted by Crippen LogP contribution is 2.34. The van der Waals surface area contributed by atoms with Gasteiger partial charge in [0.15, 0.2) is 0 Å². The fourth-order valence-corrected chi connectivity index (χ4v) is 4.88. The number of benzene rings is 1. The summed E-state index contributed by atoms with van der Waals surface area (Å²) in [5.41, 5.74) is 1.29. The van der Waals surface area contributed by atoms with Gasteiger partial charge in [-0.25, -0.2) is 8.42 Å². The van der Waals surface area contributed by atoms with Crippen molar-refractivity contribution in [3.63, 3.8) is 0 Å². The van der Waals surface area contributed by atoms with Crippen LogP contribution in [0.2, 0.25) is 0 Å². The Balaban J connectivity index is 2.28. The molecule has 1 aromatic carbocycles. The van der Waals surface area contributed by atoms with Crippen molar-refractivity contribution in [1.29, 1.82) is 0 Å². The average molecular weight is 346 g/mol. The van der Waals surface area contributed by atoms with E-state index in [0.717, 1.165) is 18.4 Å². The lowest BCUT2D eigenvalue weighted by Crippen LogP contribution is -2.41. The zero-order valence-electron chi connectivity index (χ0n) is 11.6. The summed E-state index contributed by atoms with van der Waals surface area (Å²) in [6.07, 6.45) is 1.82. The molecule has 1 saturated heterocycles. The van der Waals surface area contributed by atoms with Gasteiger partial charge < -0.3 is 0 Å². The number of halogens is 1. The summed E-state index contributed by atoms with van der Waals surface area (Å²) < 4.78 is 27.5. The van der Waals surface area contributed by atoms with Crippen LogP contribution in [0.25, 0.3) is 0 Å². The molecule has 1 aliphatic rings. The minimum absolute atomic E-state index is 0.247. The minimum Gasteiger partial charge on any atom is -0.207 e. The van der Waals surface area contributed by atoms with Crippen LogP contribution in [-0.2, 0) is 10.0 Å². The molecule has 1 aliphatic heterocycles. The normalized spacial score (nSPS) is 20.4. The largest absolute Gasteiger partial charge is 0.244 e. The Bertz CT molecular complexity index is 571. The van der Waals surface area contributed by atoms with E-state index in [2.05, 4.69) is 29.8 Å². The third-order valence-corrected chi connectivity index (χ3v) is 6.66. The fraction of sp³-hybridized carbons (Fsp3) is 0.571. The van der Waals surface area contributed by atoms with E-state index >= 15 is 0 Å². The predicted octanol–water partition coefficient (Wildman–Crippen LogP) is 3.57. The summed E-state index contributed by atoms with van der Waals surface area (Å²) in [6, 6.07) is 5.38. The lowest BCUT2D eigenvalue weighted by molar-refractivity contribution is 0.196. The first-order chi connectivity index (χ1) is 8.72. The predicted molar refractivity (Wildman–Crippen MR) is 80.7 cm³/mol. The van der Waals surface area contributed by atoms with Crippen molar-refractivity contribution in [3.05, 3.63) is 28.2 Å². The number of aryl methyl sites for hydroxylation is 1. The van der Waals surface area contributed by atoms with Crippen LogP contribution in [0.4, 0.5) is 0 Å². The van der Waals surface area contributed by atoms with Crippen LogP contribution in [0.15, 0.2) is 27.6 Å². The Hall–Kier alpha value is -0.390. The number of hydrogen-bond acceptors (Lipinski definition) is 2. The Morgan fingerprint density at radius 1 is 1.21 bits per heavy atom. The smallest absolute Gasteiger partial charge is 0.207 e. The van der Waals surface area contributed by atoms with Crippen molar-refractivity contribution in [2.24, 2.45) is 5.41 Å². The maximum atomic E-state index is 12.6. The van der Waals surface area contributed by atoms with Crippen LogP contribution in [0.5, 0.6) is 0 Å². The van der Waals surface area contributed by atoms with E-state index in [1.807, 2.05) is 19.1 Å². The molecular formula is C14H20BrNO2S. The van der Waals surface area contributed by atoms with Gasteiger partial charge in [0.25, 0.3) is 0 Å². The maximum absolute atomic E-state index is 12.6. The van der Waals surface area contributed by atoms with Gasteiger partial charge in [-0.05, 0) is 58.8 Å². The molecule has 1 aromatic rings. The van der Waals surface area contributed by atoms with Crippen molar-refractivity contribution < 1.29 is 8.42 Å². The Kier molecular flexibility index (Phi) is 4.10. The first-order valence-electron chi connectivity index (χ1n) is 6.49. The third-order valence-electron chi connectivity index (χ3n) is 3.78. The topological polar surface area (TPSA) is 37.4 Å². The number of sulfonamides is 1. The molecule has 5 heteroatoms. The number of hydrogen-bond donors (Lipinski definition) is 0. The second-order valence-electron chi connectivity index (χ2n) is 6.00. The zero-order valence-corrected chi connectivity index (χ0v) is 14.0. The number of rotatable bonds is 2. The van der Waals surface area contributed by atoms with Gasteiger partial charge in [0.05, 0.1) is 4.90 Å². The van der Waals surface area contributed by atoms with Crippen LogP contribution >= 0.6 is 15.9 Å². The standard InChI is InChI=1S/C14H20BrNO2S/c1-11-4-5-13(12(15)10-11)19(17,18)16-8-6-14(2,3)7-9-16/h4-5,10H,6-9H2,1-3H3. The van der Waals surface area contributed by atoms with Gasteiger partial charge in [-0.15, -0.1) is 0 Å². The van der Waals surface area contributed by atoms with Gasteiger partial charge in [0.2, 0.25) is 10.0 Å². The van der Waals surface area contributed by atoms with Gasteiger partial charge in [-0.2, -0.15) is 4.31 Å². The molecule has 0 saturated carbocycles. The highest BCUT2D eigenvalue weighted by Gasteiger charge is 2.33. The minimum atomic E-state index is -3.37. The molecular weight excluding hydrogens is 326 g/mol. The molecule has 0 spiro atoms. The van der Waals surface area contributed by atoms with Gasteiger partial charge in [0, 0.05) is 17.6 Å². The summed E-state index contributed by atoms with van der Waals surface area (Å²) >= 11 is 3.37. The SMILES string of the molecule is Cc1ccc(S(=O)(=O)N2CCC(C)(C)CC2)c(Br)c1. The molecule has 2 rings (SSSR count). The van der Waals surface area contributed by atoms with Gasteiger partial charge >= 0.3 is 0 Å². The highest BCUT2D eigenvalue weighted by molar-refractivity contribution is 9.10. The zero-order chi connectivity index (χ0) is 14.3. The van der Waals surface area contributed by atoms with E-state index in [-0.39, 0.29) is 5.41 Å². The van der Waals surface area contributed by atoms with Gasteiger partial charge in [-0.3, -0.25) is 0 Å². The Morgan fingerprint density at radius 3 is 2.32 bits per heavy atom. The molecule has 0 radical (unpaired) electrons. The molecule has 1 heterocycles. The van der Waals surface area contributed by atoms with Crippen LogP contribution in [0.1, 0.15) is 32.3 Å². The highest BCUT2D eigenvalue weighted by atomic mass is 79.9. The fourth-order valence-electron chi connectivity index (χ4n) is 2.29. The molecule has 0 N–H and O–H groups in total. The molecule has 0 unspecified atom stereocenters. The molecule has 106 valence electrons. The Morgan fingerprint density at radius 2 is 1.79 bits per heavy atom. The summed E-state index contributed by atoms with van der Waals surface area (Å²) in [5, 5.41) is 0. The van der Waals surface area contributed by atoms with Crippen molar-refractivity contribution in [2.75, 3.05) is 13.1 Å². The molecule has 0 aromatic heterocycles. The molecule has 0 atom stereocenters. The molecule has 0 bridgehead atoms. The van der Waals surface area contributed by atoms with E-state index in [4.69, 9.17) is 0 Å². The van der Waals surface area contributed by atoms with E-state index in [1.54, 1.807) is 10.4 Å². The Labute approximate surface area is 124 Å². The van der Waals surface area contributed by atoms with E-state index < -0.39 is 10.0 Å². The van der Waals surface area contributed by atoms with E-state index in [1.165, 1.54) is 0 Å². The van der Waals surface area contributed by atoms with Crippen molar-refractivity contribution in [1.82, 2.24) is 4.31 Å². The van der Waals surface area contributed by atoms with Crippen LogP contribution in [0, 0.1) is 12.3 Å². The van der Waals surface area contributed by atoms with Crippen LogP contribution in [-0.4, -0.2) is 25.8 Å². The number of nitrogens with zero attached hydrogens (tertiary/aromatic N) is 1. The molecule has 1 fully saturated rings. The van der Waals surface area contributed by atoms with Gasteiger partial charge in [-0.1, -0.05) is 19.9 Å². The maximum Gasteiger partial charge on any atom is 0.244 e. The van der Waals surface area contributed by atoms with Crippen LogP contribution < -0.4 is 0 Å². The molecule has 0 amide bonds. The second-order valence-corrected chi connectivity index (χ2v) is 8.76. The summed E-state index contributed by atoms with van der Waals surface area (Å²) in [6.45, 7) is 7.55. The lowest BCUT2D eigenvalue weighted by atomic mass is 9.83. The molecule has 3 nitrogen and oxygen atoms in total. The van der Waals surface area contributed by atoms with Crippen molar-refractivity contribution in [3.8, 4) is 0 Å². The number of piperidine rings is 1. The average Bonchev–Trinajstić information content (AvgIpc) is 2.27. The summed E-state index contributed by atoms with van der Waals surface area (Å²) in [5.74, 6) is 0. The van der Waals surface area contributed by atoms with Gasteiger partial charge in [0.1, 0.15) is 0 Å². The lowest BCUT2D eigenvalue weighted by Gasteiger charge is -2.36. The van der Waals surface area contributed by atoms with Crippen LogP contribution in [0.3, 0.4) is 0 Å².